The Bertz CT molecular complexity index is 819. The Morgan fingerprint density at radius 2 is 2.04 bits per heavy atom. The van der Waals surface area contributed by atoms with Crippen molar-refractivity contribution in [3.05, 3.63) is 71.6 Å². The predicted molar refractivity (Wildman–Crippen MR) is 113 cm³/mol. The minimum absolute atomic E-state index is 0.0347. The summed E-state index contributed by atoms with van der Waals surface area (Å²) in [5.41, 5.74) is 0.768. The molecule has 0 aliphatic heterocycles. The quantitative estimate of drug-likeness (QED) is 0.413. The highest BCUT2D eigenvalue weighted by Crippen LogP contribution is 2.17. The van der Waals surface area contributed by atoms with Crippen molar-refractivity contribution in [2.45, 2.75) is 52.7 Å². The number of carbonyl (C=O) groups is 1. The number of amides is 1. The second-order valence-corrected chi connectivity index (χ2v) is 7.37. The number of nitrogens with one attached hydrogen (secondary N) is 1. The summed E-state index contributed by atoms with van der Waals surface area (Å²) in [6.45, 7) is 12.8. The van der Waals surface area contributed by atoms with Crippen LogP contribution in [0, 0.1) is 23.6 Å². The number of aliphatic hydroxyl groups is 1. The van der Waals surface area contributed by atoms with Gasteiger partial charge in [-0.05, 0) is 57.4 Å². The molecular weight excluding hydrogens is 353 g/mol. The molecule has 0 spiro atoms. The number of halogens is 1. The molecule has 0 aliphatic carbocycles. The molecule has 0 bridgehead atoms. The standard InChI is InChI=1S/C24H30FNO2/c1-7-17(3)22(23(27)26-18(4)24(5,6)28)15-14-19(8-2)12-13-20-10-9-11-21(25)16-20/h8-11,14-18,28H,2,7H2,1,3-6H3,(H,26,27). The van der Waals surface area contributed by atoms with Crippen molar-refractivity contribution in [1.29, 1.82) is 0 Å². The first-order valence-corrected chi connectivity index (χ1v) is 9.43. The summed E-state index contributed by atoms with van der Waals surface area (Å²) >= 11 is 0. The highest BCUT2D eigenvalue weighted by Gasteiger charge is 2.25. The SMILES string of the molecule is C=CC(C#Cc1cccc(F)c1)=CC=C(C(=O)NC(C)C(C)(C)O)C(C)CC. The van der Waals surface area contributed by atoms with Crippen molar-refractivity contribution >= 4 is 5.91 Å². The van der Waals surface area contributed by atoms with Gasteiger partial charge in [-0.2, -0.15) is 0 Å². The summed E-state index contributed by atoms with van der Waals surface area (Å²) in [5, 5.41) is 12.9. The second kappa shape index (κ2) is 10.6. The summed E-state index contributed by atoms with van der Waals surface area (Å²) in [7, 11) is 0. The maximum absolute atomic E-state index is 13.3. The zero-order chi connectivity index (χ0) is 21.3. The fourth-order valence-corrected chi connectivity index (χ4v) is 2.19. The average Bonchev–Trinajstić information content (AvgIpc) is 2.63. The van der Waals surface area contributed by atoms with Gasteiger partial charge in [0.25, 0.3) is 0 Å². The van der Waals surface area contributed by atoms with Crippen molar-refractivity contribution in [3.63, 3.8) is 0 Å². The molecule has 3 nitrogen and oxygen atoms in total. The van der Waals surface area contributed by atoms with Crippen molar-refractivity contribution in [1.82, 2.24) is 5.32 Å². The van der Waals surface area contributed by atoms with Gasteiger partial charge < -0.3 is 10.4 Å². The summed E-state index contributed by atoms with van der Waals surface area (Å²) in [6, 6.07) is 5.65. The van der Waals surface area contributed by atoms with Gasteiger partial charge in [-0.15, -0.1) is 0 Å². The van der Waals surface area contributed by atoms with Gasteiger partial charge in [0.05, 0.1) is 11.6 Å². The molecule has 2 atom stereocenters. The molecule has 2 unspecified atom stereocenters. The number of hydrogen-bond donors (Lipinski definition) is 2. The molecule has 0 aliphatic rings. The molecule has 28 heavy (non-hydrogen) atoms. The van der Waals surface area contributed by atoms with E-state index in [2.05, 4.69) is 23.7 Å². The van der Waals surface area contributed by atoms with E-state index in [1.54, 1.807) is 51.1 Å². The Kier molecular flexibility index (Phi) is 8.88. The molecule has 1 rings (SSSR count). The van der Waals surface area contributed by atoms with Crippen molar-refractivity contribution in [3.8, 4) is 11.8 Å². The lowest BCUT2D eigenvalue weighted by molar-refractivity contribution is -0.120. The van der Waals surface area contributed by atoms with Crippen molar-refractivity contribution in [2.75, 3.05) is 0 Å². The van der Waals surface area contributed by atoms with Crippen LogP contribution in [0.5, 0.6) is 0 Å². The third-order valence-electron chi connectivity index (χ3n) is 4.65. The van der Waals surface area contributed by atoms with E-state index < -0.39 is 11.6 Å². The molecule has 0 radical (unpaired) electrons. The van der Waals surface area contributed by atoms with E-state index in [4.69, 9.17) is 0 Å². The monoisotopic (exact) mass is 383 g/mol. The van der Waals surface area contributed by atoms with Crippen molar-refractivity contribution in [2.24, 2.45) is 5.92 Å². The molecular formula is C24H30FNO2. The van der Waals surface area contributed by atoms with Gasteiger partial charge in [-0.25, -0.2) is 4.39 Å². The molecule has 0 heterocycles. The Balaban J connectivity index is 3.12. The van der Waals surface area contributed by atoms with Gasteiger partial charge >= 0.3 is 0 Å². The highest BCUT2D eigenvalue weighted by atomic mass is 19.1. The Morgan fingerprint density at radius 1 is 1.36 bits per heavy atom. The molecule has 4 heteroatoms. The zero-order valence-corrected chi connectivity index (χ0v) is 17.3. The molecule has 0 fully saturated rings. The molecule has 0 saturated carbocycles. The van der Waals surface area contributed by atoms with E-state index in [1.807, 2.05) is 13.8 Å². The maximum Gasteiger partial charge on any atom is 0.247 e. The van der Waals surface area contributed by atoms with Crippen LogP contribution in [0.1, 0.15) is 46.6 Å². The lowest BCUT2D eigenvalue weighted by atomic mass is 9.95. The van der Waals surface area contributed by atoms with E-state index in [0.717, 1.165) is 6.42 Å². The average molecular weight is 384 g/mol. The molecule has 2 N–H and O–H groups in total. The van der Waals surface area contributed by atoms with Crippen LogP contribution >= 0.6 is 0 Å². The lowest BCUT2D eigenvalue weighted by Gasteiger charge is -2.27. The summed E-state index contributed by atoms with van der Waals surface area (Å²) in [4.78, 5) is 12.7. The van der Waals surface area contributed by atoms with Crippen LogP contribution in [0.2, 0.25) is 0 Å². The Labute approximate surface area is 168 Å². The molecule has 1 amide bonds. The van der Waals surface area contributed by atoms with Gasteiger partial charge in [-0.3, -0.25) is 4.79 Å². The summed E-state index contributed by atoms with van der Waals surface area (Å²) in [6.07, 6.45) is 5.85. The molecule has 0 saturated heterocycles. The minimum atomic E-state index is -1.02. The smallest absolute Gasteiger partial charge is 0.247 e. The van der Waals surface area contributed by atoms with E-state index in [9.17, 15) is 14.3 Å². The minimum Gasteiger partial charge on any atom is -0.388 e. The van der Waals surface area contributed by atoms with E-state index in [-0.39, 0.29) is 17.6 Å². The van der Waals surface area contributed by atoms with Gasteiger partial charge in [0.15, 0.2) is 0 Å². The third kappa shape index (κ3) is 7.54. The largest absolute Gasteiger partial charge is 0.388 e. The second-order valence-electron chi connectivity index (χ2n) is 7.37. The van der Waals surface area contributed by atoms with Gasteiger partial charge in [0, 0.05) is 16.7 Å². The third-order valence-corrected chi connectivity index (χ3v) is 4.65. The number of hydrogen-bond acceptors (Lipinski definition) is 2. The zero-order valence-electron chi connectivity index (χ0n) is 17.3. The first-order chi connectivity index (χ1) is 13.1. The number of carbonyl (C=O) groups excluding carboxylic acids is 1. The van der Waals surface area contributed by atoms with Crippen LogP contribution in [0.4, 0.5) is 4.39 Å². The van der Waals surface area contributed by atoms with Gasteiger partial charge in [0.1, 0.15) is 5.82 Å². The van der Waals surface area contributed by atoms with Crippen LogP contribution in [-0.2, 0) is 4.79 Å². The number of allylic oxidation sites excluding steroid dienone is 4. The first-order valence-electron chi connectivity index (χ1n) is 9.43. The fraction of sp³-hybridized carbons (Fsp3) is 0.375. The van der Waals surface area contributed by atoms with Crippen LogP contribution in [0.15, 0.2) is 60.2 Å². The van der Waals surface area contributed by atoms with Crippen LogP contribution in [0.3, 0.4) is 0 Å². The number of rotatable bonds is 7. The van der Waals surface area contributed by atoms with Crippen LogP contribution in [0.25, 0.3) is 0 Å². The first kappa shape index (κ1) is 23.4. The molecule has 1 aromatic carbocycles. The van der Waals surface area contributed by atoms with Crippen LogP contribution < -0.4 is 5.32 Å². The highest BCUT2D eigenvalue weighted by molar-refractivity contribution is 5.94. The van der Waals surface area contributed by atoms with E-state index in [1.165, 1.54) is 12.1 Å². The summed E-state index contributed by atoms with van der Waals surface area (Å²) < 4.78 is 13.3. The Morgan fingerprint density at radius 3 is 2.57 bits per heavy atom. The normalized spacial score (nSPS) is 14.5. The van der Waals surface area contributed by atoms with E-state index in [0.29, 0.717) is 16.7 Å². The fourth-order valence-electron chi connectivity index (χ4n) is 2.19. The Hall–Kier alpha value is -2.64. The van der Waals surface area contributed by atoms with Crippen LogP contribution in [-0.4, -0.2) is 22.7 Å². The molecule has 0 aromatic heterocycles. The van der Waals surface area contributed by atoms with Gasteiger partial charge in [-0.1, -0.05) is 50.5 Å². The predicted octanol–water partition coefficient (Wildman–Crippen LogP) is 4.54. The summed E-state index contributed by atoms with van der Waals surface area (Å²) in [5.74, 6) is 5.31. The molecule has 150 valence electrons. The van der Waals surface area contributed by atoms with E-state index >= 15 is 0 Å². The number of benzene rings is 1. The van der Waals surface area contributed by atoms with Crippen molar-refractivity contribution < 1.29 is 14.3 Å². The maximum atomic E-state index is 13.3. The van der Waals surface area contributed by atoms with Gasteiger partial charge in [0.2, 0.25) is 5.91 Å². The lowest BCUT2D eigenvalue weighted by Crippen LogP contribution is -2.48. The molecule has 1 aromatic rings. The topological polar surface area (TPSA) is 49.3 Å².